The van der Waals surface area contributed by atoms with Crippen molar-refractivity contribution in [3.63, 3.8) is 0 Å². The molecule has 1 aromatic heterocycles. The summed E-state index contributed by atoms with van der Waals surface area (Å²) in [6.45, 7) is 6.45. The van der Waals surface area contributed by atoms with Gasteiger partial charge in [0.05, 0.1) is 6.54 Å². The molecule has 4 aromatic rings. The van der Waals surface area contributed by atoms with E-state index in [1.54, 1.807) is 30.1 Å². The van der Waals surface area contributed by atoms with Gasteiger partial charge < -0.3 is 21.3 Å². The zero-order valence-corrected chi connectivity index (χ0v) is 24.5. The number of nitrogens with two attached hydrogens (primary N) is 1. The van der Waals surface area contributed by atoms with Gasteiger partial charge >= 0.3 is 0 Å². The van der Waals surface area contributed by atoms with E-state index in [0.717, 1.165) is 37.3 Å². The van der Waals surface area contributed by atoms with Crippen LogP contribution in [0.4, 0.5) is 5.69 Å². The number of nitrogens with zero attached hydrogens (tertiary/aromatic N) is 1. The van der Waals surface area contributed by atoms with E-state index in [2.05, 4.69) is 28.8 Å². The van der Waals surface area contributed by atoms with Gasteiger partial charge in [-0.1, -0.05) is 42.5 Å². The van der Waals surface area contributed by atoms with E-state index in [1.165, 1.54) is 0 Å². The molecule has 5 rings (SSSR count). The molecule has 3 amide bonds. The summed E-state index contributed by atoms with van der Waals surface area (Å²) in [4.78, 5) is 42.1. The third kappa shape index (κ3) is 6.50. The normalized spacial score (nSPS) is 15.4. The van der Waals surface area contributed by atoms with Crippen molar-refractivity contribution in [1.82, 2.24) is 10.6 Å². The highest BCUT2D eigenvalue weighted by atomic mass is 32.1. The van der Waals surface area contributed by atoms with Crippen molar-refractivity contribution < 1.29 is 14.4 Å². The first kappa shape index (κ1) is 28.5. The largest absolute Gasteiger partial charge is 0.352 e. The van der Waals surface area contributed by atoms with Crippen LogP contribution in [0.5, 0.6) is 0 Å². The van der Waals surface area contributed by atoms with Crippen molar-refractivity contribution in [2.45, 2.75) is 58.2 Å². The first-order valence-corrected chi connectivity index (χ1v) is 14.8. The Morgan fingerprint density at radius 1 is 1.05 bits per heavy atom. The SMILES string of the molecule is CCNC(=O)c1ccccc1-c1cc2cc(CN3C(=O)C(NC(=O)CC(C)(C)N)CCc4ccccc43)ccc2s1. The van der Waals surface area contributed by atoms with Crippen LogP contribution < -0.4 is 21.3 Å². The molecule has 1 unspecified atom stereocenters. The molecule has 0 radical (unpaired) electrons. The Morgan fingerprint density at radius 2 is 1.80 bits per heavy atom. The molecular weight excluding hydrogens is 532 g/mol. The predicted molar refractivity (Wildman–Crippen MR) is 166 cm³/mol. The van der Waals surface area contributed by atoms with E-state index < -0.39 is 11.6 Å². The van der Waals surface area contributed by atoms with E-state index in [-0.39, 0.29) is 24.1 Å². The Balaban J connectivity index is 1.44. The van der Waals surface area contributed by atoms with Crippen LogP contribution in [-0.4, -0.2) is 35.8 Å². The quantitative estimate of drug-likeness (QED) is 0.264. The van der Waals surface area contributed by atoms with E-state index in [1.807, 2.05) is 61.5 Å². The summed E-state index contributed by atoms with van der Waals surface area (Å²) < 4.78 is 1.10. The molecule has 7 nitrogen and oxygen atoms in total. The Morgan fingerprint density at radius 3 is 2.59 bits per heavy atom. The number of rotatable bonds is 8. The van der Waals surface area contributed by atoms with Gasteiger partial charge in [-0.25, -0.2) is 0 Å². The number of aryl methyl sites for hydroxylation is 1. The van der Waals surface area contributed by atoms with Crippen LogP contribution >= 0.6 is 11.3 Å². The summed E-state index contributed by atoms with van der Waals surface area (Å²) in [5.41, 5.74) is 9.88. The number of para-hydroxylation sites is 1. The van der Waals surface area contributed by atoms with E-state index in [9.17, 15) is 14.4 Å². The van der Waals surface area contributed by atoms with Gasteiger partial charge in [0.1, 0.15) is 6.04 Å². The summed E-state index contributed by atoms with van der Waals surface area (Å²) in [6.07, 6.45) is 1.36. The fourth-order valence-corrected chi connectivity index (χ4v) is 6.41. The van der Waals surface area contributed by atoms with Crippen LogP contribution in [0.3, 0.4) is 0 Å². The first-order chi connectivity index (χ1) is 19.6. The third-order valence-electron chi connectivity index (χ3n) is 7.20. The summed E-state index contributed by atoms with van der Waals surface area (Å²) >= 11 is 1.64. The maximum Gasteiger partial charge on any atom is 0.251 e. The van der Waals surface area contributed by atoms with Crippen molar-refractivity contribution in [2.24, 2.45) is 5.73 Å². The fraction of sp³-hybridized carbons (Fsp3) is 0.303. The van der Waals surface area contributed by atoms with Crippen molar-refractivity contribution in [3.8, 4) is 10.4 Å². The number of fused-ring (bicyclic) bond motifs is 2. The lowest BCUT2D eigenvalue weighted by atomic mass is 10.0. The molecule has 0 aliphatic carbocycles. The lowest BCUT2D eigenvalue weighted by molar-refractivity contribution is -0.128. The van der Waals surface area contributed by atoms with Gasteiger partial charge in [-0.2, -0.15) is 0 Å². The Kier molecular flexibility index (Phi) is 8.24. The Labute approximate surface area is 244 Å². The molecule has 2 heterocycles. The van der Waals surface area contributed by atoms with Crippen molar-refractivity contribution in [2.75, 3.05) is 11.4 Å². The standard InChI is InChI=1S/C33H36N4O3S/c1-4-35-31(39)25-11-7-6-10-24(25)29-18-23-17-21(13-16-28(23)41-29)20-37-27-12-8-5-9-22(27)14-15-26(32(37)40)36-30(38)19-33(2,3)34/h5-13,16-18,26H,4,14-15,19-20,34H2,1-3H3,(H,35,39)(H,36,38). The van der Waals surface area contributed by atoms with Crippen LogP contribution in [0.15, 0.2) is 72.8 Å². The summed E-state index contributed by atoms with van der Waals surface area (Å²) in [6, 6.07) is 23.3. The van der Waals surface area contributed by atoms with E-state index >= 15 is 0 Å². The molecule has 1 aliphatic heterocycles. The molecule has 212 valence electrons. The molecule has 0 saturated carbocycles. The highest BCUT2D eigenvalue weighted by molar-refractivity contribution is 7.22. The van der Waals surface area contributed by atoms with Crippen LogP contribution in [0.1, 0.15) is 55.1 Å². The molecular formula is C33H36N4O3S. The minimum absolute atomic E-state index is 0.0868. The average molecular weight is 569 g/mol. The number of hydrogen-bond donors (Lipinski definition) is 3. The van der Waals surface area contributed by atoms with Crippen molar-refractivity contribution >= 4 is 44.8 Å². The number of hydrogen-bond acceptors (Lipinski definition) is 5. The molecule has 8 heteroatoms. The molecule has 0 saturated heterocycles. The molecule has 1 aliphatic rings. The monoisotopic (exact) mass is 568 g/mol. The molecule has 4 N–H and O–H groups in total. The number of carbonyl (C=O) groups is 3. The fourth-order valence-electron chi connectivity index (χ4n) is 5.33. The van der Waals surface area contributed by atoms with Gasteiger partial charge in [-0.3, -0.25) is 14.4 Å². The van der Waals surface area contributed by atoms with Crippen molar-refractivity contribution in [1.29, 1.82) is 0 Å². The van der Waals surface area contributed by atoms with E-state index in [0.29, 0.717) is 31.5 Å². The number of amides is 3. The number of anilines is 1. The van der Waals surface area contributed by atoms with Crippen molar-refractivity contribution in [3.05, 3.63) is 89.5 Å². The number of nitrogens with one attached hydrogen (secondary N) is 2. The molecule has 3 aromatic carbocycles. The zero-order chi connectivity index (χ0) is 29.1. The average Bonchev–Trinajstić information content (AvgIpc) is 3.31. The number of carbonyl (C=O) groups excluding carboxylic acids is 3. The highest BCUT2D eigenvalue weighted by Crippen LogP contribution is 2.36. The highest BCUT2D eigenvalue weighted by Gasteiger charge is 2.32. The smallest absolute Gasteiger partial charge is 0.251 e. The maximum atomic E-state index is 13.9. The van der Waals surface area contributed by atoms with Gasteiger partial charge in [0.15, 0.2) is 0 Å². The summed E-state index contributed by atoms with van der Waals surface area (Å²) in [5.74, 6) is -0.432. The van der Waals surface area contributed by atoms with Crippen LogP contribution in [-0.2, 0) is 22.6 Å². The molecule has 0 spiro atoms. The summed E-state index contributed by atoms with van der Waals surface area (Å²) in [7, 11) is 0. The van der Waals surface area contributed by atoms with E-state index in [4.69, 9.17) is 5.73 Å². The third-order valence-corrected chi connectivity index (χ3v) is 8.35. The molecule has 0 fully saturated rings. The van der Waals surface area contributed by atoms with Crippen LogP contribution in [0, 0.1) is 0 Å². The number of benzene rings is 3. The van der Waals surface area contributed by atoms with Crippen LogP contribution in [0.2, 0.25) is 0 Å². The lowest BCUT2D eigenvalue weighted by Crippen LogP contribution is -2.49. The second kappa shape index (κ2) is 11.8. The molecule has 0 bridgehead atoms. The Bertz CT molecular complexity index is 1600. The van der Waals surface area contributed by atoms with Gasteiger partial charge in [0.2, 0.25) is 11.8 Å². The predicted octanol–water partition coefficient (Wildman–Crippen LogP) is 5.41. The van der Waals surface area contributed by atoms with Crippen LogP contribution in [0.25, 0.3) is 20.5 Å². The topological polar surface area (TPSA) is 105 Å². The zero-order valence-electron chi connectivity index (χ0n) is 23.7. The molecule has 1 atom stereocenters. The maximum absolute atomic E-state index is 13.9. The van der Waals surface area contributed by atoms with Gasteiger partial charge in [0.25, 0.3) is 5.91 Å². The minimum Gasteiger partial charge on any atom is -0.352 e. The van der Waals surface area contributed by atoms with Gasteiger partial charge in [-0.05, 0) is 80.5 Å². The second-order valence-corrected chi connectivity index (χ2v) is 12.3. The minimum atomic E-state index is -0.657. The number of thiophene rings is 1. The Hall–Kier alpha value is -4.01. The van der Waals surface area contributed by atoms with Gasteiger partial charge in [0, 0.05) is 44.9 Å². The lowest BCUT2D eigenvalue weighted by Gasteiger charge is -2.27. The first-order valence-electron chi connectivity index (χ1n) is 14.0. The second-order valence-electron chi connectivity index (χ2n) is 11.3. The summed E-state index contributed by atoms with van der Waals surface area (Å²) in [5, 5.41) is 6.90. The molecule has 41 heavy (non-hydrogen) atoms. The van der Waals surface area contributed by atoms with Gasteiger partial charge in [-0.15, -0.1) is 11.3 Å².